The Labute approximate surface area is 104 Å². The molecular formula is C11H14N4O3. The fourth-order valence-electron chi connectivity index (χ4n) is 1.81. The number of carbonyl (C=O) groups is 3. The van der Waals surface area contributed by atoms with Gasteiger partial charge in [0.25, 0.3) is 0 Å². The Balaban J connectivity index is 1.95. The molecule has 1 aromatic rings. The van der Waals surface area contributed by atoms with E-state index < -0.39 is 17.9 Å². The lowest BCUT2D eigenvalue weighted by atomic mass is 10.2. The Hall–Kier alpha value is -2.18. The Kier molecular flexibility index (Phi) is 3.40. The third kappa shape index (κ3) is 2.55. The molecule has 1 aliphatic heterocycles. The molecular weight excluding hydrogens is 236 g/mol. The van der Waals surface area contributed by atoms with Gasteiger partial charge < -0.3 is 4.90 Å². The molecule has 1 saturated heterocycles. The van der Waals surface area contributed by atoms with Gasteiger partial charge in [-0.05, 0) is 13.0 Å². The highest BCUT2D eigenvalue weighted by atomic mass is 16.2. The summed E-state index contributed by atoms with van der Waals surface area (Å²) < 4.78 is 1.63. The lowest BCUT2D eigenvalue weighted by Crippen LogP contribution is -2.58. The number of rotatable bonds is 3. The number of aryl methyl sites for hydroxylation is 1. The maximum atomic E-state index is 11.9. The van der Waals surface area contributed by atoms with Gasteiger partial charge in [-0.2, -0.15) is 5.10 Å². The van der Waals surface area contributed by atoms with E-state index in [1.807, 2.05) is 0 Å². The topological polar surface area (TPSA) is 84.3 Å². The molecule has 0 aliphatic carbocycles. The molecule has 1 aromatic heterocycles. The smallest absolute Gasteiger partial charge is 0.249 e. The highest BCUT2D eigenvalue weighted by Gasteiger charge is 2.32. The molecule has 0 saturated carbocycles. The molecule has 18 heavy (non-hydrogen) atoms. The Bertz CT molecular complexity index is 469. The molecule has 1 fully saturated rings. The van der Waals surface area contributed by atoms with Crippen LogP contribution in [0.1, 0.15) is 13.3 Å². The van der Waals surface area contributed by atoms with Crippen molar-refractivity contribution in [2.24, 2.45) is 0 Å². The first kappa shape index (κ1) is 12.3. The summed E-state index contributed by atoms with van der Waals surface area (Å²) in [6.45, 7) is 1.98. The van der Waals surface area contributed by atoms with Crippen molar-refractivity contribution in [3.8, 4) is 0 Å². The Morgan fingerprint density at radius 1 is 1.56 bits per heavy atom. The van der Waals surface area contributed by atoms with Gasteiger partial charge in [-0.1, -0.05) is 0 Å². The van der Waals surface area contributed by atoms with Crippen molar-refractivity contribution < 1.29 is 14.4 Å². The van der Waals surface area contributed by atoms with E-state index in [4.69, 9.17) is 0 Å². The van der Waals surface area contributed by atoms with Crippen molar-refractivity contribution in [1.29, 1.82) is 0 Å². The van der Waals surface area contributed by atoms with E-state index >= 15 is 0 Å². The summed E-state index contributed by atoms with van der Waals surface area (Å²) in [5.74, 6) is -1.09. The Morgan fingerprint density at radius 2 is 2.33 bits per heavy atom. The molecule has 1 unspecified atom stereocenters. The average Bonchev–Trinajstić information content (AvgIpc) is 2.83. The van der Waals surface area contributed by atoms with Crippen molar-refractivity contribution in [3.05, 3.63) is 18.5 Å². The van der Waals surface area contributed by atoms with Crippen LogP contribution in [-0.4, -0.2) is 45.0 Å². The molecule has 2 heterocycles. The van der Waals surface area contributed by atoms with E-state index in [0.717, 1.165) is 0 Å². The van der Waals surface area contributed by atoms with Crippen LogP contribution in [-0.2, 0) is 20.9 Å². The molecule has 3 amide bonds. The zero-order valence-electron chi connectivity index (χ0n) is 10.00. The summed E-state index contributed by atoms with van der Waals surface area (Å²) in [5, 5.41) is 6.18. The zero-order valence-corrected chi connectivity index (χ0v) is 10.00. The Morgan fingerprint density at radius 3 is 3.00 bits per heavy atom. The quantitative estimate of drug-likeness (QED) is 0.708. The monoisotopic (exact) mass is 250 g/mol. The van der Waals surface area contributed by atoms with Crippen LogP contribution < -0.4 is 5.32 Å². The van der Waals surface area contributed by atoms with Crippen LogP contribution in [0.3, 0.4) is 0 Å². The average molecular weight is 250 g/mol. The summed E-state index contributed by atoms with van der Waals surface area (Å²) in [6.07, 6.45) is 3.60. The lowest BCUT2D eigenvalue weighted by Gasteiger charge is -2.31. The second kappa shape index (κ2) is 4.99. The van der Waals surface area contributed by atoms with Gasteiger partial charge in [-0.25, -0.2) is 0 Å². The third-order valence-corrected chi connectivity index (χ3v) is 2.86. The van der Waals surface area contributed by atoms with Gasteiger partial charge in [0.1, 0.15) is 12.6 Å². The van der Waals surface area contributed by atoms with Crippen molar-refractivity contribution >= 4 is 17.7 Å². The molecule has 0 aromatic carbocycles. The van der Waals surface area contributed by atoms with Gasteiger partial charge in [0.05, 0.1) is 0 Å². The maximum absolute atomic E-state index is 11.9. The van der Waals surface area contributed by atoms with E-state index in [1.54, 1.807) is 30.1 Å². The molecule has 1 atom stereocenters. The van der Waals surface area contributed by atoms with E-state index in [1.165, 1.54) is 4.90 Å². The zero-order chi connectivity index (χ0) is 13.1. The fourth-order valence-corrected chi connectivity index (χ4v) is 1.81. The van der Waals surface area contributed by atoms with Gasteiger partial charge in [-0.15, -0.1) is 0 Å². The van der Waals surface area contributed by atoms with Crippen molar-refractivity contribution in [2.75, 3.05) is 6.54 Å². The van der Waals surface area contributed by atoms with Gasteiger partial charge in [0.2, 0.25) is 17.7 Å². The molecule has 96 valence electrons. The van der Waals surface area contributed by atoms with Crippen LogP contribution in [0.25, 0.3) is 0 Å². The van der Waals surface area contributed by atoms with Gasteiger partial charge >= 0.3 is 0 Å². The largest absolute Gasteiger partial charge is 0.322 e. The number of nitrogens with zero attached hydrogens (tertiary/aromatic N) is 3. The summed E-state index contributed by atoms with van der Waals surface area (Å²) in [6, 6.07) is 1.16. The number of hydrogen-bond acceptors (Lipinski definition) is 4. The number of imide groups is 1. The summed E-state index contributed by atoms with van der Waals surface area (Å²) in [7, 11) is 0. The molecule has 2 rings (SSSR count). The minimum Gasteiger partial charge on any atom is -0.322 e. The number of hydrogen-bond donors (Lipinski definition) is 1. The summed E-state index contributed by atoms with van der Waals surface area (Å²) >= 11 is 0. The lowest BCUT2D eigenvalue weighted by molar-refractivity contribution is -0.149. The minimum absolute atomic E-state index is 0.0646. The summed E-state index contributed by atoms with van der Waals surface area (Å²) in [4.78, 5) is 35.9. The molecule has 0 radical (unpaired) electrons. The minimum atomic E-state index is -0.604. The highest BCUT2D eigenvalue weighted by molar-refractivity contribution is 6.04. The molecule has 7 heteroatoms. The van der Waals surface area contributed by atoms with Crippen molar-refractivity contribution in [3.63, 3.8) is 0 Å². The number of carbonyl (C=O) groups excluding carboxylic acids is 3. The number of nitrogens with one attached hydrogen (secondary N) is 1. The van der Waals surface area contributed by atoms with E-state index in [2.05, 4.69) is 10.4 Å². The second-order valence-corrected chi connectivity index (χ2v) is 4.13. The fraction of sp³-hybridized carbons (Fsp3) is 0.455. The van der Waals surface area contributed by atoms with E-state index in [0.29, 0.717) is 6.54 Å². The normalized spacial score (nSPS) is 19.8. The van der Waals surface area contributed by atoms with Crippen LogP contribution in [0.5, 0.6) is 0 Å². The second-order valence-electron chi connectivity index (χ2n) is 4.13. The SMILES string of the molecule is CC1C(=O)NC(=O)CN1C(=O)CCn1cccn1. The van der Waals surface area contributed by atoms with Crippen LogP contribution >= 0.6 is 0 Å². The number of amides is 3. The molecule has 0 spiro atoms. The predicted octanol–water partition coefficient (Wildman–Crippen LogP) is -0.853. The number of piperazine rings is 1. The van der Waals surface area contributed by atoms with Crippen LogP contribution in [0.4, 0.5) is 0 Å². The van der Waals surface area contributed by atoms with E-state index in [-0.39, 0.29) is 18.9 Å². The van der Waals surface area contributed by atoms with Crippen molar-refractivity contribution in [2.45, 2.75) is 25.9 Å². The first-order valence-corrected chi connectivity index (χ1v) is 5.68. The van der Waals surface area contributed by atoms with E-state index in [9.17, 15) is 14.4 Å². The van der Waals surface area contributed by atoms with Gasteiger partial charge in [0, 0.05) is 25.4 Å². The third-order valence-electron chi connectivity index (χ3n) is 2.86. The van der Waals surface area contributed by atoms with Crippen LogP contribution in [0, 0.1) is 0 Å². The molecule has 1 N–H and O–H groups in total. The first-order valence-electron chi connectivity index (χ1n) is 5.68. The summed E-state index contributed by atoms with van der Waals surface area (Å²) in [5.41, 5.74) is 0. The van der Waals surface area contributed by atoms with Gasteiger partial charge in [0.15, 0.2) is 0 Å². The maximum Gasteiger partial charge on any atom is 0.249 e. The molecule has 1 aliphatic rings. The first-order chi connectivity index (χ1) is 8.58. The van der Waals surface area contributed by atoms with Crippen LogP contribution in [0.2, 0.25) is 0 Å². The van der Waals surface area contributed by atoms with Crippen molar-refractivity contribution in [1.82, 2.24) is 20.0 Å². The molecule has 0 bridgehead atoms. The van der Waals surface area contributed by atoms with Gasteiger partial charge in [-0.3, -0.25) is 24.4 Å². The number of aromatic nitrogens is 2. The molecule has 7 nitrogen and oxygen atoms in total. The highest BCUT2D eigenvalue weighted by Crippen LogP contribution is 2.07. The standard InChI is InChI=1S/C11H14N4O3/c1-8-11(18)13-9(16)7-15(8)10(17)3-6-14-5-2-4-12-14/h2,4-5,8H,3,6-7H2,1H3,(H,13,16,18). The van der Waals surface area contributed by atoms with Crippen LogP contribution in [0.15, 0.2) is 18.5 Å². The predicted molar refractivity (Wildman–Crippen MR) is 61.2 cm³/mol.